The number of halogens is 4. The topological polar surface area (TPSA) is 0 Å². The first-order chi connectivity index (χ1) is 5.00. The maximum Gasteiger partial charge on any atom is 0.197 e. The third-order valence-electron chi connectivity index (χ3n) is 1.15. The van der Waals surface area contributed by atoms with Crippen LogP contribution in [0, 0.1) is 0 Å². The molecule has 0 aliphatic carbocycles. The predicted octanol–water partition coefficient (Wildman–Crippen LogP) is 4.32. The van der Waals surface area contributed by atoms with Gasteiger partial charge in [0.15, 0.2) is 3.24 Å². The van der Waals surface area contributed by atoms with Crippen molar-refractivity contribution in [3.63, 3.8) is 0 Å². The van der Waals surface area contributed by atoms with Crippen LogP contribution < -0.4 is 0 Å². The van der Waals surface area contributed by atoms with Crippen LogP contribution in [0.4, 0.5) is 0 Å². The molecule has 0 N–H and O–H groups in total. The summed E-state index contributed by atoms with van der Waals surface area (Å²) in [5, 5.41) is 0.618. The van der Waals surface area contributed by atoms with Crippen molar-refractivity contribution in [2.45, 2.75) is 3.24 Å². The van der Waals surface area contributed by atoms with Crippen LogP contribution in [0.1, 0.15) is 5.56 Å². The van der Waals surface area contributed by atoms with Crippen molar-refractivity contribution < 1.29 is 0 Å². The molecule has 11 heavy (non-hydrogen) atoms. The van der Waals surface area contributed by atoms with Crippen molar-refractivity contribution in [2.24, 2.45) is 0 Å². The Kier molecular flexibility index (Phi) is 3.10. The monoisotopic (exact) mass is 272 g/mol. The summed E-state index contributed by atoms with van der Waals surface area (Å²) in [7, 11) is 0. The maximum absolute atomic E-state index is 5.75. The van der Waals surface area contributed by atoms with Crippen LogP contribution in [0.5, 0.6) is 0 Å². The molecule has 0 aromatic heterocycles. The highest BCUT2D eigenvalue weighted by Crippen LogP contribution is 2.40. The normalized spacial score (nSPS) is 11.6. The lowest BCUT2D eigenvalue weighted by atomic mass is 10.2. The molecule has 0 nitrogen and oxygen atoms in total. The first-order valence-electron chi connectivity index (χ1n) is 2.83. The molecule has 0 spiro atoms. The molecule has 0 fully saturated rings. The van der Waals surface area contributed by atoms with Gasteiger partial charge < -0.3 is 0 Å². The van der Waals surface area contributed by atoms with Gasteiger partial charge in [-0.05, 0) is 33.6 Å². The van der Waals surface area contributed by atoms with E-state index in [1.54, 1.807) is 24.3 Å². The molecule has 0 aliphatic heterocycles. The largest absolute Gasteiger partial charge is 0.197 e. The molecule has 4 heteroatoms. The Morgan fingerprint density at radius 1 is 1.27 bits per heavy atom. The van der Waals surface area contributed by atoms with Gasteiger partial charge >= 0.3 is 0 Å². The lowest BCUT2D eigenvalue weighted by Crippen LogP contribution is -1.97. The van der Waals surface area contributed by atoms with E-state index in [1.807, 2.05) is 0 Å². The predicted molar refractivity (Wildman–Crippen MR) is 53.8 cm³/mol. The number of rotatable bonds is 1. The van der Waals surface area contributed by atoms with Crippen molar-refractivity contribution in [3.05, 3.63) is 34.9 Å². The van der Waals surface area contributed by atoms with Gasteiger partial charge in [0.05, 0.1) is 0 Å². The SMILES string of the molecule is Clc1cccc(C(Cl)(Cl)Br)c1. The number of alkyl halides is 3. The van der Waals surface area contributed by atoms with Crippen molar-refractivity contribution in [1.82, 2.24) is 0 Å². The first kappa shape index (κ1) is 9.66. The van der Waals surface area contributed by atoms with Crippen LogP contribution in [0.2, 0.25) is 5.02 Å². The summed E-state index contributed by atoms with van der Waals surface area (Å²) in [5.74, 6) is 0. The highest BCUT2D eigenvalue weighted by atomic mass is 79.9. The average molecular weight is 274 g/mol. The zero-order chi connectivity index (χ0) is 8.48. The molecular formula is C7H4BrCl3. The van der Waals surface area contributed by atoms with Crippen molar-refractivity contribution in [3.8, 4) is 0 Å². The molecule has 0 saturated heterocycles. The van der Waals surface area contributed by atoms with Crippen LogP contribution in [-0.2, 0) is 3.24 Å². The highest BCUT2D eigenvalue weighted by molar-refractivity contribution is 9.10. The Morgan fingerprint density at radius 2 is 1.91 bits per heavy atom. The second-order valence-corrected chi connectivity index (χ2v) is 5.87. The zero-order valence-electron chi connectivity index (χ0n) is 5.32. The molecule has 0 atom stereocenters. The summed E-state index contributed by atoms with van der Waals surface area (Å²) in [6, 6.07) is 7.05. The third kappa shape index (κ3) is 2.83. The van der Waals surface area contributed by atoms with Crippen molar-refractivity contribution in [2.75, 3.05) is 0 Å². The minimum absolute atomic E-state index is 0.618. The van der Waals surface area contributed by atoms with E-state index in [0.717, 1.165) is 5.56 Å². The van der Waals surface area contributed by atoms with Crippen molar-refractivity contribution in [1.29, 1.82) is 0 Å². The Balaban J connectivity index is 3.06. The summed E-state index contributed by atoms with van der Waals surface area (Å²) in [5.41, 5.74) is 0.730. The van der Waals surface area contributed by atoms with Gasteiger partial charge in [0, 0.05) is 5.02 Å². The minimum Gasteiger partial charge on any atom is -0.0843 e. The lowest BCUT2D eigenvalue weighted by molar-refractivity contribution is 1.29. The molecule has 0 unspecified atom stereocenters. The van der Waals surface area contributed by atoms with Crippen LogP contribution in [0.3, 0.4) is 0 Å². The van der Waals surface area contributed by atoms with Gasteiger partial charge in [-0.2, -0.15) is 0 Å². The van der Waals surface area contributed by atoms with Gasteiger partial charge in [0.2, 0.25) is 0 Å². The fourth-order valence-electron chi connectivity index (χ4n) is 0.665. The minimum atomic E-state index is -1.04. The molecule has 1 aromatic carbocycles. The number of hydrogen-bond donors (Lipinski definition) is 0. The van der Waals surface area contributed by atoms with Gasteiger partial charge in [-0.15, -0.1) is 0 Å². The fourth-order valence-corrected chi connectivity index (χ4v) is 1.34. The second kappa shape index (κ2) is 3.53. The van der Waals surface area contributed by atoms with Crippen LogP contribution in [-0.4, -0.2) is 0 Å². The highest BCUT2D eigenvalue weighted by Gasteiger charge is 2.21. The van der Waals surface area contributed by atoms with Gasteiger partial charge in [-0.25, -0.2) is 0 Å². The molecule has 60 valence electrons. The summed E-state index contributed by atoms with van der Waals surface area (Å²) in [4.78, 5) is 0. The zero-order valence-corrected chi connectivity index (χ0v) is 9.18. The van der Waals surface area contributed by atoms with E-state index >= 15 is 0 Å². The first-order valence-corrected chi connectivity index (χ1v) is 4.75. The van der Waals surface area contributed by atoms with Gasteiger partial charge in [-0.3, -0.25) is 0 Å². The molecule has 1 rings (SSSR count). The molecule has 0 saturated carbocycles. The van der Waals surface area contributed by atoms with Crippen molar-refractivity contribution >= 4 is 50.7 Å². The Labute approximate surface area is 88.6 Å². The smallest absolute Gasteiger partial charge is 0.0843 e. The van der Waals surface area contributed by atoms with E-state index < -0.39 is 3.24 Å². The van der Waals surface area contributed by atoms with Crippen LogP contribution >= 0.6 is 50.7 Å². The van der Waals surface area contributed by atoms with Gasteiger partial charge in [0.1, 0.15) is 0 Å². The van der Waals surface area contributed by atoms with Gasteiger partial charge in [-0.1, -0.05) is 46.9 Å². The Bertz CT molecular complexity index is 254. The third-order valence-corrected chi connectivity index (χ3v) is 2.28. The maximum atomic E-state index is 5.75. The fraction of sp³-hybridized carbons (Fsp3) is 0.143. The molecular weight excluding hydrogens is 270 g/mol. The summed E-state index contributed by atoms with van der Waals surface area (Å²) >= 11 is 20.3. The lowest BCUT2D eigenvalue weighted by Gasteiger charge is -2.10. The summed E-state index contributed by atoms with van der Waals surface area (Å²) in [6.45, 7) is 0. The molecule has 0 heterocycles. The Morgan fingerprint density at radius 3 is 2.27 bits per heavy atom. The number of hydrogen-bond acceptors (Lipinski definition) is 0. The molecule has 0 bridgehead atoms. The average Bonchev–Trinajstić information content (AvgIpc) is 1.86. The van der Waals surface area contributed by atoms with E-state index in [-0.39, 0.29) is 0 Å². The van der Waals surface area contributed by atoms with E-state index in [1.165, 1.54) is 0 Å². The summed E-state index contributed by atoms with van der Waals surface area (Å²) in [6.07, 6.45) is 0. The van der Waals surface area contributed by atoms with E-state index in [4.69, 9.17) is 34.8 Å². The summed E-state index contributed by atoms with van der Waals surface area (Å²) < 4.78 is -1.04. The number of benzene rings is 1. The van der Waals surface area contributed by atoms with Crippen LogP contribution in [0.25, 0.3) is 0 Å². The van der Waals surface area contributed by atoms with E-state index in [0.29, 0.717) is 5.02 Å². The molecule has 0 amide bonds. The Hall–Kier alpha value is 0.570. The standard InChI is InChI=1S/C7H4BrCl3/c8-7(10,11)5-2-1-3-6(9)4-5/h1-4H. The molecule has 0 aliphatic rings. The molecule has 1 aromatic rings. The van der Waals surface area contributed by atoms with Crippen LogP contribution in [0.15, 0.2) is 24.3 Å². The second-order valence-electron chi connectivity index (χ2n) is 2.01. The van der Waals surface area contributed by atoms with Gasteiger partial charge in [0.25, 0.3) is 0 Å². The quantitative estimate of drug-likeness (QED) is 0.669. The molecule has 0 radical (unpaired) electrons. The van der Waals surface area contributed by atoms with E-state index in [9.17, 15) is 0 Å². The van der Waals surface area contributed by atoms with E-state index in [2.05, 4.69) is 15.9 Å².